The van der Waals surface area contributed by atoms with E-state index in [2.05, 4.69) is 12.2 Å². The summed E-state index contributed by atoms with van der Waals surface area (Å²) in [4.78, 5) is 13.9. The number of nitrogens with zero attached hydrogens (tertiary/aromatic N) is 1. The summed E-state index contributed by atoms with van der Waals surface area (Å²) in [5.74, 6) is 0.528. The molecule has 1 atom stereocenters. The lowest BCUT2D eigenvalue weighted by Crippen LogP contribution is -2.54. The van der Waals surface area contributed by atoms with Crippen molar-refractivity contribution in [2.24, 2.45) is 5.92 Å². The van der Waals surface area contributed by atoms with Crippen molar-refractivity contribution in [1.82, 2.24) is 4.90 Å². The van der Waals surface area contributed by atoms with Crippen LogP contribution in [-0.2, 0) is 14.6 Å². The van der Waals surface area contributed by atoms with E-state index in [-0.39, 0.29) is 11.7 Å². The molecule has 2 aliphatic rings. The Morgan fingerprint density at radius 1 is 1.44 bits per heavy atom. The standard InChI is InChI=1S/C13H21NO3S/c1-13(2)10-14(7-8-18(13,16)17)12(15)9-11-5-3-4-6-11/h3,5,11H,4,6-10H2,1-2H3. The zero-order valence-corrected chi connectivity index (χ0v) is 11.9. The summed E-state index contributed by atoms with van der Waals surface area (Å²) >= 11 is 0. The minimum atomic E-state index is -3.06. The van der Waals surface area contributed by atoms with Gasteiger partial charge in [-0.3, -0.25) is 4.79 Å². The second-order valence-electron chi connectivity index (χ2n) is 5.86. The molecule has 0 N–H and O–H groups in total. The molecule has 2 rings (SSSR count). The third-order valence-corrected chi connectivity index (χ3v) is 6.48. The fourth-order valence-electron chi connectivity index (χ4n) is 2.58. The van der Waals surface area contributed by atoms with E-state index < -0.39 is 14.6 Å². The van der Waals surface area contributed by atoms with Crippen LogP contribution in [0.4, 0.5) is 0 Å². The van der Waals surface area contributed by atoms with Gasteiger partial charge in [-0.25, -0.2) is 8.42 Å². The summed E-state index contributed by atoms with van der Waals surface area (Å²) in [5, 5.41) is 0. The van der Waals surface area contributed by atoms with Crippen molar-refractivity contribution < 1.29 is 13.2 Å². The Labute approximate surface area is 109 Å². The number of amides is 1. The number of carbonyl (C=O) groups is 1. The SMILES string of the molecule is CC1(C)CN(C(=O)CC2C=CCC2)CCS1(=O)=O. The first-order valence-electron chi connectivity index (χ1n) is 6.48. The van der Waals surface area contributed by atoms with Gasteiger partial charge in [0.1, 0.15) is 0 Å². The fourth-order valence-corrected chi connectivity index (χ4v) is 3.94. The average Bonchev–Trinajstić information content (AvgIpc) is 2.74. The van der Waals surface area contributed by atoms with Crippen LogP contribution in [0.15, 0.2) is 12.2 Å². The van der Waals surface area contributed by atoms with Crippen LogP contribution in [0.1, 0.15) is 33.1 Å². The summed E-state index contributed by atoms with van der Waals surface area (Å²) in [5.41, 5.74) is 0. The summed E-state index contributed by atoms with van der Waals surface area (Å²) in [6.07, 6.45) is 6.83. The topological polar surface area (TPSA) is 54.5 Å². The zero-order valence-electron chi connectivity index (χ0n) is 11.1. The van der Waals surface area contributed by atoms with E-state index in [1.807, 2.05) is 0 Å². The number of sulfone groups is 1. The van der Waals surface area contributed by atoms with Gasteiger partial charge >= 0.3 is 0 Å². The Morgan fingerprint density at radius 3 is 2.72 bits per heavy atom. The first kappa shape index (κ1) is 13.6. The van der Waals surface area contributed by atoms with E-state index in [0.717, 1.165) is 12.8 Å². The van der Waals surface area contributed by atoms with E-state index in [1.54, 1.807) is 18.7 Å². The van der Waals surface area contributed by atoms with Crippen LogP contribution >= 0.6 is 0 Å². The molecule has 5 heteroatoms. The molecule has 0 spiro atoms. The largest absolute Gasteiger partial charge is 0.340 e. The van der Waals surface area contributed by atoms with Crippen molar-refractivity contribution in [3.05, 3.63) is 12.2 Å². The van der Waals surface area contributed by atoms with Gasteiger partial charge in [-0.1, -0.05) is 12.2 Å². The molecule has 4 nitrogen and oxygen atoms in total. The molecule has 0 bridgehead atoms. The Morgan fingerprint density at radius 2 is 2.17 bits per heavy atom. The van der Waals surface area contributed by atoms with Gasteiger partial charge in [0.15, 0.2) is 9.84 Å². The van der Waals surface area contributed by atoms with Gasteiger partial charge in [0, 0.05) is 19.5 Å². The average molecular weight is 271 g/mol. The van der Waals surface area contributed by atoms with E-state index in [0.29, 0.717) is 25.4 Å². The number of allylic oxidation sites excluding steroid dienone is 2. The molecule has 1 unspecified atom stereocenters. The van der Waals surface area contributed by atoms with E-state index in [9.17, 15) is 13.2 Å². The van der Waals surface area contributed by atoms with E-state index >= 15 is 0 Å². The second-order valence-corrected chi connectivity index (χ2v) is 8.61. The minimum absolute atomic E-state index is 0.0895. The molecule has 0 saturated carbocycles. The summed E-state index contributed by atoms with van der Waals surface area (Å²) < 4.78 is 22.9. The maximum absolute atomic E-state index is 12.2. The summed E-state index contributed by atoms with van der Waals surface area (Å²) in [7, 11) is -3.06. The zero-order chi connectivity index (χ0) is 13.4. The summed E-state index contributed by atoms with van der Waals surface area (Å²) in [6, 6.07) is 0. The molecular weight excluding hydrogens is 250 g/mol. The van der Waals surface area contributed by atoms with Gasteiger partial charge in [-0.15, -0.1) is 0 Å². The molecule has 1 saturated heterocycles. The third kappa shape index (κ3) is 2.60. The third-order valence-electron chi connectivity index (χ3n) is 3.95. The molecule has 1 heterocycles. The van der Waals surface area contributed by atoms with Gasteiger partial charge in [-0.2, -0.15) is 0 Å². The summed E-state index contributed by atoms with van der Waals surface area (Å²) in [6.45, 7) is 4.08. The predicted molar refractivity (Wildman–Crippen MR) is 70.9 cm³/mol. The molecule has 0 aromatic carbocycles. The first-order valence-corrected chi connectivity index (χ1v) is 8.14. The van der Waals surface area contributed by atoms with E-state index in [1.165, 1.54) is 0 Å². The Balaban J connectivity index is 1.98. The maximum atomic E-state index is 12.2. The molecule has 1 fully saturated rings. The van der Waals surface area contributed by atoms with Gasteiger partial charge in [0.25, 0.3) is 0 Å². The van der Waals surface area contributed by atoms with E-state index in [4.69, 9.17) is 0 Å². The van der Waals surface area contributed by atoms with Crippen LogP contribution < -0.4 is 0 Å². The van der Waals surface area contributed by atoms with Crippen molar-refractivity contribution in [2.45, 2.75) is 37.9 Å². The molecular formula is C13H21NO3S. The fraction of sp³-hybridized carbons (Fsp3) is 0.769. The highest BCUT2D eigenvalue weighted by molar-refractivity contribution is 7.92. The highest BCUT2D eigenvalue weighted by Crippen LogP contribution is 2.26. The van der Waals surface area contributed by atoms with Crippen LogP contribution in [0.3, 0.4) is 0 Å². The Kier molecular flexibility index (Phi) is 3.54. The highest BCUT2D eigenvalue weighted by atomic mass is 32.2. The number of carbonyl (C=O) groups excluding carboxylic acids is 1. The molecule has 1 amide bonds. The van der Waals surface area contributed by atoms with Crippen LogP contribution in [0, 0.1) is 5.92 Å². The molecule has 18 heavy (non-hydrogen) atoms. The molecule has 0 aromatic rings. The first-order chi connectivity index (χ1) is 8.32. The van der Waals surface area contributed by atoms with Gasteiger partial charge in [0.05, 0.1) is 10.5 Å². The van der Waals surface area contributed by atoms with Crippen LogP contribution in [0.5, 0.6) is 0 Å². The lowest BCUT2D eigenvalue weighted by Gasteiger charge is -2.38. The monoisotopic (exact) mass is 271 g/mol. The molecule has 0 aromatic heterocycles. The number of hydrogen-bond donors (Lipinski definition) is 0. The molecule has 1 aliphatic heterocycles. The minimum Gasteiger partial charge on any atom is -0.340 e. The van der Waals surface area contributed by atoms with Crippen molar-refractivity contribution >= 4 is 15.7 Å². The Bertz CT molecular complexity index is 465. The normalized spacial score (nSPS) is 29.4. The number of rotatable bonds is 2. The maximum Gasteiger partial charge on any atom is 0.223 e. The quantitative estimate of drug-likeness (QED) is 0.713. The van der Waals surface area contributed by atoms with Gasteiger partial charge < -0.3 is 4.90 Å². The lowest BCUT2D eigenvalue weighted by molar-refractivity contribution is -0.132. The van der Waals surface area contributed by atoms with Gasteiger partial charge in [-0.05, 0) is 32.6 Å². The smallest absolute Gasteiger partial charge is 0.223 e. The predicted octanol–water partition coefficient (Wildman–Crippen LogP) is 1.38. The molecule has 0 radical (unpaired) electrons. The lowest BCUT2D eigenvalue weighted by atomic mass is 10.0. The molecule has 1 aliphatic carbocycles. The number of hydrogen-bond acceptors (Lipinski definition) is 3. The van der Waals surface area contributed by atoms with Crippen LogP contribution in [0.2, 0.25) is 0 Å². The highest BCUT2D eigenvalue weighted by Gasteiger charge is 2.41. The van der Waals surface area contributed by atoms with Crippen molar-refractivity contribution in [2.75, 3.05) is 18.8 Å². The second kappa shape index (κ2) is 4.68. The van der Waals surface area contributed by atoms with Gasteiger partial charge in [0.2, 0.25) is 5.91 Å². The van der Waals surface area contributed by atoms with Crippen molar-refractivity contribution in [3.8, 4) is 0 Å². The Hall–Kier alpha value is -0.840. The molecule has 102 valence electrons. The van der Waals surface area contributed by atoms with Crippen molar-refractivity contribution in [1.29, 1.82) is 0 Å². The van der Waals surface area contributed by atoms with Crippen LogP contribution in [-0.4, -0.2) is 42.8 Å². The van der Waals surface area contributed by atoms with Crippen LogP contribution in [0.25, 0.3) is 0 Å². The van der Waals surface area contributed by atoms with Crippen molar-refractivity contribution in [3.63, 3.8) is 0 Å².